The van der Waals surface area contributed by atoms with Crippen molar-refractivity contribution in [3.8, 4) is 0 Å². The van der Waals surface area contributed by atoms with Crippen LogP contribution in [0.3, 0.4) is 0 Å². The molecule has 1 amide bonds. The highest BCUT2D eigenvalue weighted by Gasteiger charge is 2.26. The lowest BCUT2D eigenvalue weighted by Gasteiger charge is -2.15. The lowest BCUT2D eigenvalue weighted by molar-refractivity contribution is 0.0928. The van der Waals surface area contributed by atoms with Crippen LogP contribution in [0.1, 0.15) is 34.8 Å². The maximum Gasteiger partial charge on any atom is 0.335 e. The summed E-state index contributed by atoms with van der Waals surface area (Å²) in [6.45, 7) is 1.49. The highest BCUT2D eigenvalue weighted by molar-refractivity contribution is 7.91. The van der Waals surface area contributed by atoms with Crippen LogP contribution in [0, 0.1) is 0 Å². The molecular formula is C18H18N4O4S. The zero-order valence-electron chi connectivity index (χ0n) is 14.6. The molecular weight excluding hydrogens is 368 g/mol. The van der Waals surface area contributed by atoms with E-state index in [1.54, 1.807) is 18.3 Å². The Morgan fingerprint density at radius 3 is 2.59 bits per heavy atom. The van der Waals surface area contributed by atoms with Gasteiger partial charge in [-0.05, 0) is 17.7 Å². The maximum atomic E-state index is 12.5. The van der Waals surface area contributed by atoms with Crippen LogP contribution in [0.15, 0.2) is 64.5 Å². The number of carbonyl (C=O) groups is 1. The van der Waals surface area contributed by atoms with Gasteiger partial charge in [0.15, 0.2) is 0 Å². The monoisotopic (exact) mass is 386 g/mol. The van der Waals surface area contributed by atoms with Crippen molar-refractivity contribution in [1.29, 1.82) is 0 Å². The van der Waals surface area contributed by atoms with E-state index in [1.165, 1.54) is 13.1 Å². The van der Waals surface area contributed by atoms with Gasteiger partial charge in [0.05, 0.1) is 11.3 Å². The van der Waals surface area contributed by atoms with Crippen molar-refractivity contribution in [1.82, 2.24) is 20.5 Å². The van der Waals surface area contributed by atoms with E-state index < -0.39 is 21.1 Å². The van der Waals surface area contributed by atoms with E-state index in [4.69, 9.17) is 4.42 Å². The number of hydrogen-bond donors (Lipinski definition) is 1. The van der Waals surface area contributed by atoms with Crippen LogP contribution >= 0.6 is 0 Å². The Morgan fingerprint density at radius 1 is 1.15 bits per heavy atom. The molecule has 1 N–H and O–H groups in total. The van der Waals surface area contributed by atoms with Crippen molar-refractivity contribution in [2.45, 2.75) is 24.6 Å². The number of rotatable bonds is 7. The fraction of sp³-hybridized carbons (Fsp3) is 0.222. The van der Waals surface area contributed by atoms with Crippen molar-refractivity contribution in [3.63, 3.8) is 0 Å². The van der Waals surface area contributed by atoms with Crippen LogP contribution in [0.4, 0.5) is 0 Å². The molecule has 0 unspecified atom stereocenters. The van der Waals surface area contributed by atoms with Crippen LogP contribution in [0.5, 0.6) is 0 Å². The minimum Gasteiger partial charge on any atom is -0.410 e. The van der Waals surface area contributed by atoms with Crippen LogP contribution < -0.4 is 5.32 Å². The number of pyridine rings is 1. The van der Waals surface area contributed by atoms with Gasteiger partial charge in [-0.3, -0.25) is 9.78 Å². The highest BCUT2D eigenvalue weighted by atomic mass is 32.2. The lowest BCUT2D eigenvalue weighted by atomic mass is 10.1. The minimum absolute atomic E-state index is 0.0307. The number of carbonyl (C=O) groups excluding carboxylic acids is 1. The molecule has 0 saturated carbocycles. The van der Waals surface area contributed by atoms with Crippen molar-refractivity contribution in [2.24, 2.45) is 0 Å². The van der Waals surface area contributed by atoms with E-state index in [0.717, 1.165) is 5.56 Å². The van der Waals surface area contributed by atoms with Gasteiger partial charge in [0.2, 0.25) is 15.7 Å². The quantitative estimate of drug-likeness (QED) is 0.660. The number of amides is 1. The largest absolute Gasteiger partial charge is 0.410 e. The molecule has 0 fully saturated rings. The zero-order valence-corrected chi connectivity index (χ0v) is 15.4. The van der Waals surface area contributed by atoms with Gasteiger partial charge in [0.25, 0.3) is 5.91 Å². The normalized spacial score (nSPS) is 12.5. The van der Waals surface area contributed by atoms with E-state index in [9.17, 15) is 13.2 Å². The first kappa shape index (κ1) is 18.7. The van der Waals surface area contributed by atoms with E-state index in [-0.39, 0.29) is 17.6 Å². The summed E-state index contributed by atoms with van der Waals surface area (Å²) < 4.78 is 29.3. The molecule has 0 aliphatic heterocycles. The number of nitrogens with zero attached hydrogens (tertiary/aromatic N) is 3. The van der Waals surface area contributed by atoms with Gasteiger partial charge in [0, 0.05) is 18.8 Å². The van der Waals surface area contributed by atoms with E-state index in [0.29, 0.717) is 12.0 Å². The summed E-state index contributed by atoms with van der Waals surface area (Å²) in [4.78, 5) is 16.4. The fourth-order valence-electron chi connectivity index (χ4n) is 2.40. The molecule has 9 heteroatoms. The molecule has 0 radical (unpaired) electrons. The van der Waals surface area contributed by atoms with Crippen molar-refractivity contribution in [3.05, 3.63) is 71.9 Å². The topological polar surface area (TPSA) is 115 Å². The predicted molar refractivity (Wildman–Crippen MR) is 96.6 cm³/mol. The molecule has 0 aliphatic carbocycles. The average Bonchev–Trinajstić information content (AvgIpc) is 3.20. The summed E-state index contributed by atoms with van der Waals surface area (Å²) in [7, 11) is -3.63. The minimum atomic E-state index is -3.63. The van der Waals surface area contributed by atoms with Gasteiger partial charge in [-0.1, -0.05) is 42.4 Å². The Morgan fingerprint density at radius 2 is 1.93 bits per heavy atom. The van der Waals surface area contributed by atoms with Gasteiger partial charge in [-0.2, -0.15) is 0 Å². The number of benzene rings is 1. The number of nitrogens with one attached hydrogen (secondary N) is 1. The van der Waals surface area contributed by atoms with E-state index in [2.05, 4.69) is 20.5 Å². The Kier molecular flexibility index (Phi) is 5.60. The third-order valence-electron chi connectivity index (χ3n) is 3.88. The Bertz CT molecular complexity index is 1000. The van der Waals surface area contributed by atoms with Crippen LogP contribution in [-0.4, -0.2) is 35.3 Å². The third-order valence-corrected chi connectivity index (χ3v) is 5.34. The Labute approximate surface area is 156 Å². The maximum absolute atomic E-state index is 12.5. The second-order valence-corrected chi connectivity index (χ2v) is 7.92. The molecule has 1 atom stereocenters. The summed E-state index contributed by atoms with van der Waals surface area (Å²) in [5, 5.41) is 9.84. The zero-order chi connectivity index (χ0) is 19.3. The summed E-state index contributed by atoms with van der Waals surface area (Å²) in [6, 6.07) is 12.0. The summed E-state index contributed by atoms with van der Waals surface area (Å²) in [5.74, 6) is -0.495. The lowest BCUT2D eigenvalue weighted by Crippen LogP contribution is -2.30. The second-order valence-electron chi connectivity index (χ2n) is 5.77. The molecule has 8 nitrogen and oxygen atoms in total. The van der Waals surface area contributed by atoms with Crippen LogP contribution in [-0.2, 0) is 16.3 Å². The third kappa shape index (κ3) is 4.56. The first-order valence-corrected chi connectivity index (χ1v) is 9.96. The summed E-state index contributed by atoms with van der Waals surface area (Å²) >= 11 is 0. The van der Waals surface area contributed by atoms with Gasteiger partial charge in [0.1, 0.15) is 6.04 Å². The van der Waals surface area contributed by atoms with Crippen LogP contribution in [0.2, 0.25) is 0 Å². The molecule has 27 heavy (non-hydrogen) atoms. The van der Waals surface area contributed by atoms with Crippen molar-refractivity contribution in [2.75, 3.05) is 5.75 Å². The smallest absolute Gasteiger partial charge is 0.335 e. The summed E-state index contributed by atoms with van der Waals surface area (Å²) in [6.07, 6.45) is 3.37. The highest BCUT2D eigenvalue weighted by Crippen LogP contribution is 2.20. The molecule has 2 heterocycles. The molecule has 0 saturated heterocycles. The molecule has 0 spiro atoms. The van der Waals surface area contributed by atoms with Gasteiger partial charge in [-0.15, -0.1) is 5.10 Å². The molecule has 3 rings (SSSR count). The van der Waals surface area contributed by atoms with E-state index in [1.807, 2.05) is 30.3 Å². The van der Waals surface area contributed by atoms with Crippen molar-refractivity contribution >= 4 is 15.7 Å². The molecule has 140 valence electrons. The molecule has 0 bridgehead atoms. The SMILES string of the molecule is CCS(=O)(=O)c1nnc([C@H](Cc2ccccc2)NC(=O)c2cccnc2)o1. The summed E-state index contributed by atoms with van der Waals surface area (Å²) in [5.41, 5.74) is 1.29. The Hall–Kier alpha value is -3.07. The van der Waals surface area contributed by atoms with Crippen LogP contribution in [0.25, 0.3) is 0 Å². The first-order chi connectivity index (χ1) is 13.0. The number of sulfone groups is 1. The molecule has 0 aliphatic rings. The molecule has 1 aromatic carbocycles. The van der Waals surface area contributed by atoms with Gasteiger partial charge >= 0.3 is 5.22 Å². The predicted octanol–water partition coefficient (Wildman–Crippen LogP) is 1.97. The molecule has 2 aromatic heterocycles. The fourth-order valence-corrected chi connectivity index (χ4v) is 3.02. The number of aromatic nitrogens is 3. The first-order valence-electron chi connectivity index (χ1n) is 8.30. The number of hydrogen-bond acceptors (Lipinski definition) is 7. The van der Waals surface area contributed by atoms with Gasteiger partial charge in [-0.25, -0.2) is 8.42 Å². The van der Waals surface area contributed by atoms with Gasteiger partial charge < -0.3 is 9.73 Å². The Balaban J connectivity index is 1.89. The second kappa shape index (κ2) is 8.09. The molecule has 3 aromatic rings. The average molecular weight is 386 g/mol. The van der Waals surface area contributed by atoms with Crippen molar-refractivity contribution < 1.29 is 17.6 Å². The standard InChI is InChI=1S/C18H18N4O4S/c1-2-27(24,25)18-22-21-17(26-18)15(11-13-7-4-3-5-8-13)20-16(23)14-9-6-10-19-12-14/h3-10,12,15H,2,11H2,1H3,(H,20,23)/t15-/m0/s1. The van der Waals surface area contributed by atoms with E-state index >= 15 is 0 Å².